The van der Waals surface area contributed by atoms with Gasteiger partial charge in [0.05, 0.1) is 11.6 Å². The third kappa shape index (κ3) is 9.00. The third-order valence-corrected chi connectivity index (χ3v) is 11.7. The Morgan fingerprint density at radius 3 is 2.47 bits per heavy atom. The summed E-state index contributed by atoms with van der Waals surface area (Å²) in [5, 5.41) is 7.32. The quantitative estimate of drug-likeness (QED) is 0.118. The van der Waals surface area contributed by atoms with Gasteiger partial charge < -0.3 is 9.80 Å². The lowest BCUT2D eigenvalue weighted by Crippen LogP contribution is -2.49. The number of benzene rings is 3. The van der Waals surface area contributed by atoms with E-state index in [1.165, 1.54) is 72.8 Å². The number of rotatable bonds is 10. The van der Waals surface area contributed by atoms with Gasteiger partial charge >= 0.3 is 0 Å². The van der Waals surface area contributed by atoms with Crippen LogP contribution in [0.5, 0.6) is 0 Å². The largest absolute Gasteiger partial charge is 0.345 e. The zero-order chi connectivity index (χ0) is 39.2. The molecule has 0 saturated heterocycles. The van der Waals surface area contributed by atoms with E-state index in [1.807, 2.05) is 30.0 Å². The van der Waals surface area contributed by atoms with Gasteiger partial charge in [-0.05, 0) is 136 Å². The maximum absolute atomic E-state index is 7.32. The van der Waals surface area contributed by atoms with Crippen LogP contribution in [0.3, 0.4) is 0 Å². The highest BCUT2D eigenvalue weighted by molar-refractivity contribution is 8.10. The lowest BCUT2D eigenvalue weighted by Gasteiger charge is -2.52. The number of nitrogens with zero attached hydrogens (tertiary/aromatic N) is 3. The van der Waals surface area contributed by atoms with Crippen molar-refractivity contribution >= 4 is 28.0 Å². The Labute approximate surface area is 334 Å². The van der Waals surface area contributed by atoms with E-state index in [9.17, 15) is 0 Å². The molecule has 3 heterocycles. The van der Waals surface area contributed by atoms with E-state index >= 15 is 0 Å². The lowest BCUT2D eigenvalue weighted by molar-refractivity contribution is 0.402. The molecular formula is C51H53N3S. The van der Waals surface area contributed by atoms with Crippen LogP contribution in [0.25, 0.3) is 16.0 Å². The Balaban J connectivity index is 0.00000111. The van der Waals surface area contributed by atoms with Crippen LogP contribution in [0.4, 0.5) is 11.4 Å². The molecule has 4 aliphatic rings. The molecule has 3 aliphatic heterocycles. The highest BCUT2D eigenvalue weighted by Crippen LogP contribution is 2.52. The molecule has 0 saturated carbocycles. The van der Waals surface area contributed by atoms with Gasteiger partial charge in [0.1, 0.15) is 0 Å². The molecule has 7 rings (SSSR count). The number of hydrogen-bond donors (Lipinski definition) is 0. The molecule has 3 aromatic carbocycles. The molecule has 0 radical (unpaired) electrons. The van der Waals surface area contributed by atoms with E-state index < -0.39 is 0 Å². The minimum Gasteiger partial charge on any atom is -0.345 e. The van der Waals surface area contributed by atoms with E-state index in [0.29, 0.717) is 0 Å². The van der Waals surface area contributed by atoms with Crippen molar-refractivity contribution in [2.75, 3.05) is 16.3 Å². The maximum atomic E-state index is 7.32. The van der Waals surface area contributed by atoms with Crippen LogP contribution in [-0.2, 0) is 12.0 Å². The van der Waals surface area contributed by atoms with Crippen LogP contribution in [0, 0.1) is 24.2 Å². The Morgan fingerprint density at radius 2 is 1.76 bits per heavy atom. The highest BCUT2D eigenvalue weighted by atomic mass is 32.2. The predicted molar refractivity (Wildman–Crippen MR) is 240 cm³/mol. The van der Waals surface area contributed by atoms with E-state index in [0.717, 1.165) is 45.1 Å². The van der Waals surface area contributed by atoms with Crippen molar-refractivity contribution in [2.45, 2.75) is 76.7 Å². The second-order valence-electron chi connectivity index (χ2n) is 13.8. The predicted octanol–water partition coefficient (Wildman–Crippen LogP) is 13.8. The molecule has 1 unspecified atom stereocenters. The maximum Gasteiger partial charge on any atom is 0.0692 e. The van der Waals surface area contributed by atoms with Gasteiger partial charge in [-0.2, -0.15) is 5.26 Å². The minimum absolute atomic E-state index is 0.0565. The Kier molecular flexibility index (Phi) is 14.4. The SMILES string of the molecule is C#C.C=C/C=C\C=C/N1c2ccc(-c3ccc4c(c3)C/C=C(C(/C=C3\Sc5ccccc53)=C/C)\CCN4C3=CC=CCC3)cc2C1(C)CC/C=C\C.CC#N. The molecule has 0 amide bonds. The average Bonchev–Trinajstić information content (AvgIpc) is 3.20. The van der Waals surface area contributed by atoms with Crippen LogP contribution >= 0.6 is 11.8 Å². The summed E-state index contributed by atoms with van der Waals surface area (Å²) in [4.78, 5) is 7.79. The van der Waals surface area contributed by atoms with Crippen molar-refractivity contribution in [1.82, 2.24) is 0 Å². The van der Waals surface area contributed by atoms with Crippen molar-refractivity contribution in [3.05, 3.63) is 180 Å². The third-order valence-electron chi connectivity index (χ3n) is 10.6. The Hall–Kier alpha value is -5.68. The summed E-state index contributed by atoms with van der Waals surface area (Å²) in [6.07, 6.45) is 42.9. The molecule has 0 fully saturated rings. The minimum atomic E-state index is -0.0565. The van der Waals surface area contributed by atoms with E-state index in [-0.39, 0.29) is 5.54 Å². The Morgan fingerprint density at radius 1 is 1.00 bits per heavy atom. The summed E-state index contributed by atoms with van der Waals surface area (Å²) in [6.45, 7) is 12.9. The van der Waals surface area contributed by atoms with Gasteiger partial charge in [0.25, 0.3) is 0 Å². The van der Waals surface area contributed by atoms with Gasteiger partial charge in [0.15, 0.2) is 0 Å². The molecule has 278 valence electrons. The summed E-state index contributed by atoms with van der Waals surface area (Å²) < 4.78 is 0. The lowest BCUT2D eigenvalue weighted by atomic mass is 9.75. The summed E-state index contributed by atoms with van der Waals surface area (Å²) >= 11 is 1.89. The first-order chi connectivity index (χ1) is 26.9. The van der Waals surface area contributed by atoms with Crippen LogP contribution < -0.4 is 9.80 Å². The summed E-state index contributed by atoms with van der Waals surface area (Å²) in [7, 11) is 0. The van der Waals surface area contributed by atoms with Crippen LogP contribution in [0.2, 0.25) is 0 Å². The molecule has 3 nitrogen and oxygen atoms in total. The van der Waals surface area contributed by atoms with Gasteiger partial charge in [-0.25, -0.2) is 0 Å². The summed E-state index contributed by atoms with van der Waals surface area (Å²) in [6, 6.07) is 24.8. The molecule has 4 heteroatoms. The second-order valence-corrected chi connectivity index (χ2v) is 14.9. The van der Waals surface area contributed by atoms with Crippen molar-refractivity contribution < 1.29 is 0 Å². The van der Waals surface area contributed by atoms with E-state index in [2.05, 4.69) is 172 Å². The highest BCUT2D eigenvalue weighted by Gasteiger charge is 2.44. The fourth-order valence-electron chi connectivity index (χ4n) is 7.76. The van der Waals surface area contributed by atoms with Crippen LogP contribution in [0.1, 0.15) is 76.5 Å². The summed E-state index contributed by atoms with van der Waals surface area (Å²) in [5.41, 5.74) is 13.5. The molecule has 3 aromatic rings. The van der Waals surface area contributed by atoms with E-state index in [1.54, 1.807) is 6.07 Å². The molecule has 1 atom stereocenters. The fraction of sp³-hybridized carbons (Fsp3) is 0.235. The van der Waals surface area contributed by atoms with Gasteiger partial charge in [-0.1, -0.05) is 103 Å². The average molecular weight is 740 g/mol. The number of fused-ring (bicyclic) bond motifs is 3. The second kappa shape index (κ2) is 19.6. The number of nitriles is 1. The molecule has 0 bridgehead atoms. The number of terminal acetylenes is 1. The summed E-state index contributed by atoms with van der Waals surface area (Å²) in [5.74, 6) is 0. The fourth-order valence-corrected chi connectivity index (χ4v) is 8.75. The van der Waals surface area contributed by atoms with Gasteiger partial charge in [-0.3, -0.25) is 0 Å². The number of thioether (sulfide) groups is 1. The van der Waals surface area contributed by atoms with Crippen LogP contribution in [0.15, 0.2) is 168 Å². The normalized spacial score (nSPS) is 20.2. The van der Waals surface area contributed by atoms with Gasteiger partial charge in [0, 0.05) is 57.7 Å². The first-order valence-corrected chi connectivity index (χ1v) is 20.0. The zero-order valence-electron chi connectivity index (χ0n) is 32.8. The standard InChI is InChI=1S/C47H48N2S.C2H3N.C2H2/c1-5-8-10-17-30-49-44-27-25-38(33-42(44)47(49,4)29-16-9-6-2)37-24-26-43-39(32-37)23-22-36(28-31-48(43)40-18-12-11-13-19-40)35(7-3)34-46-41-20-14-15-21-45(41)50-46;1-2-3;1-2/h5-12,14-15,17-18,20-22,24-27,30,32-34H,1,13,16,19,23,28-29,31H2,2-4H3;1H3;1-2H/b9-6-,10-8-,30-17-,35-7+,36-22+,46-34-;;. The number of allylic oxidation sites excluding steroid dienone is 14. The number of anilines is 2. The molecule has 0 aromatic heterocycles. The molecule has 0 spiro atoms. The topological polar surface area (TPSA) is 30.3 Å². The molecular weight excluding hydrogens is 687 g/mol. The van der Waals surface area contributed by atoms with E-state index in [4.69, 9.17) is 5.26 Å². The van der Waals surface area contributed by atoms with Crippen molar-refractivity contribution in [3.8, 4) is 30.0 Å². The van der Waals surface area contributed by atoms with Crippen molar-refractivity contribution in [1.29, 1.82) is 5.26 Å². The smallest absolute Gasteiger partial charge is 0.0692 e. The zero-order valence-corrected chi connectivity index (χ0v) is 33.7. The molecule has 1 aliphatic carbocycles. The van der Waals surface area contributed by atoms with Crippen molar-refractivity contribution in [2.24, 2.45) is 0 Å². The number of hydrogen-bond acceptors (Lipinski definition) is 4. The monoisotopic (exact) mass is 739 g/mol. The van der Waals surface area contributed by atoms with Gasteiger partial charge in [0.2, 0.25) is 0 Å². The first kappa shape index (κ1) is 40.5. The van der Waals surface area contributed by atoms with Crippen molar-refractivity contribution in [3.63, 3.8) is 0 Å². The molecule has 0 N–H and O–H groups in total. The van der Waals surface area contributed by atoms with Crippen LogP contribution in [-0.4, -0.2) is 6.54 Å². The first-order valence-electron chi connectivity index (χ1n) is 19.2. The Bertz CT molecular complexity index is 2180. The van der Waals surface area contributed by atoms with Gasteiger partial charge in [-0.15, -0.1) is 12.8 Å². The molecule has 55 heavy (non-hydrogen) atoms.